The monoisotopic (exact) mass is 1400 g/mol. The Morgan fingerprint density at radius 3 is 0.883 bits per heavy atom. The van der Waals surface area contributed by atoms with Crippen LogP contribution in [0.1, 0.15) is 203 Å². The van der Waals surface area contributed by atoms with Gasteiger partial charge in [-0.3, -0.25) is 0 Å². The summed E-state index contributed by atoms with van der Waals surface area (Å²) < 4.78 is 7.72. The van der Waals surface area contributed by atoms with Gasteiger partial charge in [0.2, 0.25) is 0 Å². The Labute approximate surface area is 633 Å². The van der Waals surface area contributed by atoms with Crippen molar-refractivity contribution >= 4 is 98.0 Å². The summed E-state index contributed by atoms with van der Waals surface area (Å²) in [6, 6.07) is 109. The van der Waals surface area contributed by atoms with Gasteiger partial charge in [-0.15, -0.1) is 0 Å². The molecule has 0 aliphatic heterocycles. The average molecular weight is 1400 g/mol. The van der Waals surface area contributed by atoms with Crippen LogP contribution in [0.2, 0.25) is 0 Å². The van der Waals surface area contributed by atoms with Gasteiger partial charge in [-0.05, 0) is 182 Å². The maximum absolute atomic E-state index is 12.2. The fourth-order valence-electron chi connectivity index (χ4n) is 27.3. The lowest BCUT2D eigenvalue weighted by Gasteiger charge is -2.59. The number of hydrogen-bond donors (Lipinski definition) is 0. The van der Waals surface area contributed by atoms with E-state index in [0.717, 1.165) is 115 Å². The minimum Gasteiger partial charge on any atom is -0.308 e. The second-order valence-corrected chi connectivity index (χ2v) is 33.5. The third-order valence-corrected chi connectivity index (χ3v) is 30.2. The Bertz CT molecular complexity index is 7790. The number of para-hydroxylation sites is 1. The SMILES string of the molecule is N#Cc1cc2c(c3c1C1c4ccccc4C3c3ccccc31)c1c3c(cc4c5c6c(c(C#N)cc5n2c41)C1c2ccccc2C2c4ccccc4C621)c1cc2c4c5c(c(C#N)cc4n4c6cc(C#N)c7c(c6c(c1n3-c1ccccc1)c24)C1c2ccccc2C7c2ccccc21)C1c2ccccc2C2c3ccccc3C521. The van der Waals surface area contributed by atoms with Gasteiger partial charge < -0.3 is 13.4 Å². The van der Waals surface area contributed by atoms with Gasteiger partial charge >= 0.3 is 0 Å². The zero-order valence-electron chi connectivity index (χ0n) is 59.1. The summed E-state index contributed by atoms with van der Waals surface area (Å²) in [6.07, 6.45) is 0. The molecule has 0 saturated carbocycles. The van der Waals surface area contributed by atoms with Gasteiger partial charge in [-0.1, -0.05) is 212 Å². The molecule has 12 aliphatic rings. The molecule has 32 rings (SSSR count). The maximum atomic E-state index is 12.2. The van der Waals surface area contributed by atoms with Crippen molar-refractivity contribution in [3.8, 4) is 30.0 Å². The lowest BCUT2D eigenvalue weighted by atomic mass is 9.42. The van der Waals surface area contributed by atoms with Crippen molar-refractivity contribution in [2.24, 2.45) is 0 Å². The van der Waals surface area contributed by atoms with Crippen LogP contribution in [0.3, 0.4) is 0 Å². The van der Waals surface area contributed by atoms with Crippen molar-refractivity contribution in [3.63, 3.8) is 0 Å². The van der Waals surface area contributed by atoms with Gasteiger partial charge in [0.25, 0.3) is 0 Å². The summed E-state index contributed by atoms with van der Waals surface area (Å²) in [5.74, 6) is -0.663. The van der Waals surface area contributed by atoms with Crippen molar-refractivity contribution in [2.45, 2.75) is 58.2 Å². The number of hydrogen-bond acceptors (Lipinski definition) is 4. The van der Waals surface area contributed by atoms with E-state index < -0.39 is 10.8 Å². The molecule has 7 nitrogen and oxygen atoms in total. The van der Waals surface area contributed by atoms with Crippen LogP contribution in [0.15, 0.2) is 261 Å². The Kier molecular flexibility index (Phi) is 9.05. The molecule has 5 heterocycles. The topological polar surface area (TPSA) is 109 Å². The molecule has 12 aliphatic carbocycles. The highest BCUT2D eigenvalue weighted by molar-refractivity contribution is 6.41. The first kappa shape index (κ1) is 56.0. The highest BCUT2D eigenvalue weighted by Crippen LogP contribution is 2.81. The predicted molar refractivity (Wildman–Crippen MR) is 433 cm³/mol. The molecule has 4 bridgehead atoms. The molecule has 15 aromatic carbocycles. The van der Waals surface area contributed by atoms with Gasteiger partial charge in [0, 0.05) is 118 Å². The molecule has 0 radical (unpaired) electrons. The number of fused-ring (bicyclic) bond motifs is 33. The number of nitriles is 4. The van der Waals surface area contributed by atoms with E-state index in [9.17, 15) is 21.0 Å². The molecule has 0 fully saturated rings. The van der Waals surface area contributed by atoms with E-state index in [2.05, 4.69) is 298 Å². The molecule has 7 heteroatoms. The largest absolute Gasteiger partial charge is 0.308 e. The Morgan fingerprint density at radius 2 is 0.532 bits per heavy atom. The van der Waals surface area contributed by atoms with E-state index in [1.54, 1.807) is 0 Å². The van der Waals surface area contributed by atoms with Crippen molar-refractivity contribution in [3.05, 3.63) is 417 Å². The van der Waals surface area contributed by atoms with Crippen LogP contribution in [0.5, 0.6) is 0 Å². The van der Waals surface area contributed by atoms with Crippen molar-refractivity contribution < 1.29 is 0 Å². The van der Waals surface area contributed by atoms with Gasteiger partial charge in [0.1, 0.15) is 0 Å². The van der Waals surface area contributed by atoms with Crippen LogP contribution in [0.25, 0.3) is 104 Å². The zero-order chi connectivity index (χ0) is 71.7. The first-order valence-electron chi connectivity index (χ1n) is 39.1. The fourth-order valence-corrected chi connectivity index (χ4v) is 27.3. The molecule has 0 saturated heterocycles. The summed E-state index contributed by atoms with van der Waals surface area (Å²) in [5.41, 5.74) is 41.3. The standard InChI is InChI=1S/C104H51N7/c105-44-48-38-75-87(89-77(48)81-53-22-4-8-26-57(53)83(89)58-27-9-5-23-54(58)81)91-99-67(42-69-85-73(110(75)101(69)91)40-50(46-107)79-95-63-32-14-12-30-61(63)93-65-34-16-18-36-71(65)103(93,95)97(79)85)68-43-70-86-74(41-51(47-108)80-96-64-33-15-13-31-62(64)94-66-35-17-19-37-72(66)104(94,96)98(80)86)111-76-39-49(45-106)78-82-55-24-6-10-28-59(55)84(60-29-11-7-25-56(60)82)90(78)88(76)92(102(70)111)100(68)109(99)52-20-2-1-3-21-52/h1-43,81-84,93-96H. The van der Waals surface area contributed by atoms with Gasteiger partial charge in [-0.2, -0.15) is 21.0 Å². The lowest BCUT2D eigenvalue weighted by Crippen LogP contribution is -2.53. The minimum absolute atomic E-state index is 0.0166. The molecule has 20 aromatic rings. The van der Waals surface area contributed by atoms with Crippen molar-refractivity contribution in [1.29, 1.82) is 21.0 Å². The quantitative estimate of drug-likeness (QED) is 0.163. The Hall–Kier alpha value is -14.3. The molecule has 0 N–H and O–H groups in total. The molecule has 2 spiro atoms. The van der Waals surface area contributed by atoms with Gasteiger partial charge in [-0.25, -0.2) is 0 Å². The molecule has 502 valence electrons. The summed E-state index contributed by atoms with van der Waals surface area (Å²) >= 11 is 0. The molecular weight excluding hydrogens is 1350 g/mol. The number of rotatable bonds is 1. The van der Waals surface area contributed by atoms with Crippen LogP contribution >= 0.6 is 0 Å². The molecule has 111 heavy (non-hydrogen) atoms. The van der Waals surface area contributed by atoms with E-state index in [0.29, 0.717) is 22.3 Å². The molecule has 5 aromatic heterocycles. The average Bonchev–Trinajstić information content (AvgIpc) is 1.47. The zero-order valence-corrected chi connectivity index (χ0v) is 59.1. The van der Waals surface area contributed by atoms with Crippen LogP contribution < -0.4 is 0 Å². The summed E-state index contributed by atoms with van der Waals surface area (Å²) in [6.45, 7) is 0. The van der Waals surface area contributed by atoms with Crippen LogP contribution in [-0.4, -0.2) is 13.4 Å². The lowest BCUT2D eigenvalue weighted by molar-refractivity contribution is 0.336. The first-order chi connectivity index (χ1) is 55.0. The number of benzene rings is 15. The smallest absolute Gasteiger partial charge is 0.0995 e. The summed E-state index contributed by atoms with van der Waals surface area (Å²) in [4.78, 5) is 0. The van der Waals surface area contributed by atoms with E-state index in [-0.39, 0.29) is 47.3 Å². The third kappa shape index (κ3) is 5.41. The number of aromatic nitrogens is 3. The van der Waals surface area contributed by atoms with Crippen LogP contribution in [0, 0.1) is 45.3 Å². The molecule has 6 atom stereocenters. The Balaban J connectivity index is 0.870. The van der Waals surface area contributed by atoms with E-state index >= 15 is 0 Å². The maximum Gasteiger partial charge on any atom is 0.0995 e. The molecular formula is C104H51N7. The summed E-state index contributed by atoms with van der Waals surface area (Å²) in [5, 5.41) is 59.8. The normalized spacial score (nSPS) is 22.6. The van der Waals surface area contributed by atoms with Crippen LogP contribution in [-0.2, 0) is 10.8 Å². The predicted octanol–water partition coefficient (Wildman–Crippen LogP) is 22.3. The second kappa shape index (κ2) is 17.9. The summed E-state index contributed by atoms with van der Waals surface area (Å²) in [7, 11) is 0. The third-order valence-electron chi connectivity index (χ3n) is 30.2. The van der Waals surface area contributed by atoms with Gasteiger partial charge in [0.15, 0.2) is 0 Å². The first-order valence-corrected chi connectivity index (χ1v) is 39.1. The highest BCUT2D eigenvalue weighted by Gasteiger charge is 2.72. The van der Waals surface area contributed by atoms with E-state index in [4.69, 9.17) is 0 Å². The van der Waals surface area contributed by atoms with E-state index in [1.165, 1.54) is 122 Å². The molecule has 6 unspecified atom stereocenters. The second-order valence-electron chi connectivity index (χ2n) is 33.5. The van der Waals surface area contributed by atoms with Crippen LogP contribution in [0.4, 0.5) is 0 Å². The number of nitrogens with zero attached hydrogens (tertiary/aromatic N) is 7. The van der Waals surface area contributed by atoms with Crippen molar-refractivity contribution in [1.82, 2.24) is 13.4 Å². The van der Waals surface area contributed by atoms with E-state index in [1.807, 2.05) is 0 Å². The minimum atomic E-state index is -0.434. The highest BCUT2D eigenvalue weighted by atomic mass is 15.0. The molecule has 0 amide bonds. The van der Waals surface area contributed by atoms with Gasteiger partial charge in [0.05, 0.1) is 90.7 Å². The fraction of sp³-hybridized carbons (Fsp3) is 0.0962. The van der Waals surface area contributed by atoms with Crippen molar-refractivity contribution in [2.75, 3.05) is 0 Å². The Morgan fingerprint density at radius 1 is 0.243 bits per heavy atom.